The lowest BCUT2D eigenvalue weighted by molar-refractivity contribution is -0.178. The summed E-state index contributed by atoms with van der Waals surface area (Å²) < 4.78 is 0.473. The van der Waals surface area contributed by atoms with Crippen molar-refractivity contribution in [1.29, 1.82) is 0 Å². The molecule has 1 aromatic rings. The molecule has 15 heavy (non-hydrogen) atoms. The Morgan fingerprint density at radius 1 is 1.40 bits per heavy atom. The smallest absolute Gasteiger partial charge is 0.454 e. The Kier molecular flexibility index (Phi) is 2.63. The second-order valence-electron chi connectivity index (χ2n) is 4.18. The van der Waals surface area contributed by atoms with Gasteiger partial charge in [-0.05, 0) is 5.41 Å². The zero-order valence-electron chi connectivity index (χ0n) is 8.68. The molecule has 3 N–H and O–H groups in total. The highest BCUT2D eigenvalue weighted by Gasteiger charge is 2.27. The predicted molar refractivity (Wildman–Crippen MR) is 51.0 cm³/mol. The van der Waals surface area contributed by atoms with Crippen LogP contribution in [-0.4, -0.2) is 26.1 Å². The molecule has 6 heteroatoms. The van der Waals surface area contributed by atoms with Crippen LogP contribution in [0.25, 0.3) is 0 Å². The molecule has 0 aliphatic rings. The molecule has 1 rings (SSSR count). The molecule has 0 unspecified atom stereocenters. The van der Waals surface area contributed by atoms with Crippen LogP contribution in [0.5, 0.6) is 11.8 Å². The lowest BCUT2D eigenvalue weighted by Gasteiger charge is -2.16. The average molecular weight is 215 g/mol. The Morgan fingerprint density at radius 3 is 2.27 bits per heavy atom. The van der Waals surface area contributed by atoms with Crippen molar-refractivity contribution in [2.24, 2.45) is 0 Å². The standard InChI is InChI=1S/C9H13NO5/c1-9(2,3)5-4-6(11)10(7(5)12)8(13)15-14/h4,11-12,14H,1-3H3. The molecule has 0 aromatic carbocycles. The van der Waals surface area contributed by atoms with Gasteiger partial charge >= 0.3 is 6.09 Å². The van der Waals surface area contributed by atoms with E-state index in [-0.39, 0.29) is 0 Å². The third kappa shape index (κ3) is 1.89. The van der Waals surface area contributed by atoms with E-state index >= 15 is 0 Å². The number of hydrogen-bond acceptors (Lipinski definition) is 5. The largest absolute Gasteiger partial charge is 0.494 e. The van der Waals surface area contributed by atoms with Crippen LogP contribution >= 0.6 is 0 Å². The lowest BCUT2D eigenvalue weighted by atomic mass is 9.89. The maximum absolute atomic E-state index is 11.0. The minimum absolute atomic E-state index is 0.380. The molecule has 0 radical (unpaired) electrons. The van der Waals surface area contributed by atoms with Crippen molar-refractivity contribution in [2.45, 2.75) is 26.2 Å². The van der Waals surface area contributed by atoms with E-state index in [0.29, 0.717) is 10.1 Å². The number of nitrogens with zero attached hydrogens (tertiary/aromatic N) is 1. The van der Waals surface area contributed by atoms with E-state index in [0.717, 1.165) is 0 Å². The fourth-order valence-corrected chi connectivity index (χ4v) is 1.26. The fourth-order valence-electron chi connectivity index (χ4n) is 1.26. The van der Waals surface area contributed by atoms with Gasteiger partial charge in [-0.3, -0.25) is 4.89 Å². The summed E-state index contributed by atoms with van der Waals surface area (Å²) in [5.41, 5.74) is -0.0619. The van der Waals surface area contributed by atoms with Gasteiger partial charge < -0.3 is 10.2 Å². The van der Waals surface area contributed by atoms with Crippen LogP contribution in [0.3, 0.4) is 0 Å². The van der Waals surface area contributed by atoms with E-state index in [2.05, 4.69) is 4.89 Å². The van der Waals surface area contributed by atoms with Gasteiger partial charge in [0.15, 0.2) is 0 Å². The van der Waals surface area contributed by atoms with Crippen molar-refractivity contribution in [3.05, 3.63) is 11.6 Å². The second-order valence-corrected chi connectivity index (χ2v) is 4.18. The summed E-state index contributed by atoms with van der Waals surface area (Å²) in [6.07, 6.45) is -1.26. The van der Waals surface area contributed by atoms with Crippen LogP contribution in [0.15, 0.2) is 6.07 Å². The van der Waals surface area contributed by atoms with Gasteiger partial charge in [0.05, 0.1) is 0 Å². The zero-order chi connectivity index (χ0) is 11.8. The summed E-state index contributed by atoms with van der Waals surface area (Å²) in [7, 11) is 0. The summed E-state index contributed by atoms with van der Waals surface area (Å²) in [4.78, 5) is 14.4. The quantitative estimate of drug-likeness (QED) is 0.452. The first-order valence-corrected chi connectivity index (χ1v) is 4.29. The SMILES string of the molecule is CC(C)(C)c1cc(O)n(C(=O)OO)c1O. The Morgan fingerprint density at radius 2 is 1.93 bits per heavy atom. The highest BCUT2D eigenvalue weighted by atomic mass is 17.1. The number of rotatable bonds is 0. The summed E-state index contributed by atoms with van der Waals surface area (Å²) in [6.45, 7) is 5.41. The van der Waals surface area contributed by atoms with Crippen LogP contribution in [0.2, 0.25) is 0 Å². The molecule has 0 fully saturated rings. The van der Waals surface area contributed by atoms with Gasteiger partial charge in [0, 0.05) is 11.6 Å². The zero-order valence-corrected chi connectivity index (χ0v) is 8.68. The van der Waals surface area contributed by atoms with Crippen molar-refractivity contribution >= 4 is 6.09 Å². The van der Waals surface area contributed by atoms with Crippen LogP contribution in [0.4, 0.5) is 4.79 Å². The molecule has 84 valence electrons. The van der Waals surface area contributed by atoms with Crippen LogP contribution in [-0.2, 0) is 10.3 Å². The second kappa shape index (κ2) is 3.47. The van der Waals surface area contributed by atoms with E-state index in [1.54, 1.807) is 20.8 Å². The van der Waals surface area contributed by atoms with Gasteiger partial charge in [0.1, 0.15) is 0 Å². The van der Waals surface area contributed by atoms with Gasteiger partial charge in [0.25, 0.3) is 0 Å². The molecule has 0 atom stereocenters. The third-order valence-electron chi connectivity index (χ3n) is 2.02. The van der Waals surface area contributed by atoms with Crippen molar-refractivity contribution < 1.29 is 25.2 Å². The highest BCUT2D eigenvalue weighted by molar-refractivity contribution is 5.75. The van der Waals surface area contributed by atoms with Gasteiger partial charge in [-0.15, -0.1) is 0 Å². The summed E-state index contributed by atoms with van der Waals surface area (Å²) in [6, 6.07) is 1.24. The average Bonchev–Trinajstić information content (AvgIpc) is 2.40. The molecular formula is C9H13NO5. The molecule has 1 aromatic heterocycles. The fraction of sp³-hybridized carbons (Fsp3) is 0.444. The molecular weight excluding hydrogens is 202 g/mol. The molecule has 0 bridgehead atoms. The first kappa shape index (κ1) is 11.4. The minimum Gasteiger partial charge on any atom is -0.494 e. The third-order valence-corrected chi connectivity index (χ3v) is 2.02. The van der Waals surface area contributed by atoms with Crippen LogP contribution in [0.1, 0.15) is 26.3 Å². The summed E-state index contributed by atoms with van der Waals surface area (Å²) in [5.74, 6) is -0.935. The number of carbonyl (C=O) groups excluding carboxylic acids is 1. The Balaban J connectivity index is 3.33. The molecule has 0 spiro atoms. The van der Waals surface area contributed by atoms with E-state index in [4.69, 9.17) is 5.26 Å². The minimum atomic E-state index is -1.26. The number of aromatic nitrogens is 1. The van der Waals surface area contributed by atoms with Gasteiger partial charge in [-0.2, -0.15) is 9.82 Å². The molecule has 0 aliphatic heterocycles. The molecule has 1 heterocycles. The highest BCUT2D eigenvalue weighted by Crippen LogP contribution is 2.36. The first-order chi connectivity index (χ1) is 6.79. The number of aromatic hydroxyl groups is 2. The van der Waals surface area contributed by atoms with Crippen LogP contribution < -0.4 is 0 Å². The maximum Gasteiger partial charge on any atom is 0.454 e. The van der Waals surface area contributed by atoms with Gasteiger partial charge in [0.2, 0.25) is 11.8 Å². The van der Waals surface area contributed by atoms with E-state index < -0.39 is 23.3 Å². The predicted octanol–water partition coefficient (Wildman–Crippen LogP) is 1.65. The van der Waals surface area contributed by atoms with Gasteiger partial charge in [-0.1, -0.05) is 20.8 Å². The van der Waals surface area contributed by atoms with Gasteiger partial charge in [-0.25, -0.2) is 4.79 Å². The number of hydrogen-bond donors (Lipinski definition) is 3. The van der Waals surface area contributed by atoms with E-state index in [9.17, 15) is 15.0 Å². The van der Waals surface area contributed by atoms with E-state index in [1.807, 2.05) is 0 Å². The van der Waals surface area contributed by atoms with E-state index in [1.165, 1.54) is 6.07 Å². The molecule has 0 saturated carbocycles. The van der Waals surface area contributed by atoms with Crippen molar-refractivity contribution in [2.75, 3.05) is 0 Å². The maximum atomic E-state index is 11.0. The normalized spacial score (nSPS) is 11.5. The van der Waals surface area contributed by atoms with Crippen molar-refractivity contribution in [3.63, 3.8) is 0 Å². The Bertz CT molecular complexity index is 388. The van der Waals surface area contributed by atoms with Crippen molar-refractivity contribution in [3.8, 4) is 11.8 Å². The Labute approximate surface area is 86.3 Å². The topological polar surface area (TPSA) is 91.9 Å². The monoisotopic (exact) mass is 215 g/mol. The molecule has 0 saturated heterocycles. The lowest BCUT2D eigenvalue weighted by Crippen LogP contribution is -2.13. The summed E-state index contributed by atoms with van der Waals surface area (Å²) in [5, 5.41) is 27.2. The molecule has 0 amide bonds. The first-order valence-electron chi connectivity index (χ1n) is 4.29. The summed E-state index contributed by atoms with van der Waals surface area (Å²) >= 11 is 0. The number of carbonyl (C=O) groups is 1. The van der Waals surface area contributed by atoms with Crippen molar-refractivity contribution in [1.82, 2.24) is 4.57 Å². The molecule has 6 nitrogen and oxygen atoms in total. The Hall–Kier alpha value is -1.69. The molecule has 0 aliphatic carbocycles. The van der Waals surface area contributed by atoms with Crippen LogP contribution in [0, 0.1) is 0 Å².